The summed E-state index contributed by atoms with van der Waals surface area (Å²) in [5, 5.41) is 3.63. The van der Waals surface area contributed by atoms with Crippen molar-refractivity contribution < 1.29 is 9.59 Å². The van der Waals surface area contributed by atoms with E-state index in [1.165, 1.54) is 0 Å². The molecule has 0 bridgehead atoms. The van der Waals surface area contributed by atoms with Crippen molar-refractivity contribution >= 4 is 40.8 Å². The van der Waals surface area contributed by atoms with Gasteiger partial charge in [-0.3, -0.25) is 9.59 Å². The van der Waals surface area contributed by atoms with Crippen molar-refractivity contribution in [2.75, 3.05) is 26.2 Å². The molecule has 1 saturated heterocycles. The van der Waals surface area contributed by atoms with Gasteiger partial charge in [0.2, 0.25) is 11.8 Å². The first-order valence-electron chi connectivity index (χ1n) is 9.84. The van der Waals surface area contributed by atoms with Crippen LogP contribution in [0.15, 0.2) is 42.5 Å². The lowest BCUT2D eigenvalue weighted by molar-refractivity contribution is -0.123. The molecule has 154 valence electrons. The van der Waals surface area contributed by atoms with Crippen LogP contribution < -0.4 is 11.1 Å². The van der Waals surface area contributed by atoms with Crippen LogP contribution in [0.4, 0.5) is 0 Å². The molecule has 29 heavy (non-hydrogen) atoms. The zero-order valence-electron chi connectivity index (χ0n) is 16.3. The van der Waals surface area contributed by atoms with Gasteiger partial charge >= 0.3 is 0 Å². The van der Waals surface area contributed by atoms with Crippen LogP contribution in [0.2, 0.25) is 5.02 Å². The Hall–Kier alpha value is -2.15. The molecule has 1 unspecified atom stereocenters. The van der Waals surface area contributed by atoms with E-state index in [4.69, 9.17) is 17.3 Å². The minimum Gasteiger partial charge on any atom is -0.369 e. The summed E-state index contributed by atoms with van der Waals surface area (Å²) < 4.78 is 0. The molecular formula is C22H26ClN3O2S. The lowest BCUT2D eigenvalue weighted by atomic mass is 9.97. The molecule has 5 nitrogen and oxygen atoms in total. The minimum atomic E-state index is -0.208. The van der Waals surface area contributed by atoms with Crippen molar-refractivity contribution in [3.05, 3.63) is 52.4 Å². The Labute approximate surface area is 180 Å². The molecule has 2 aromatic rings. The second-order valence-electron chi connectivity index (χ2n) is 7.23. The predicted molar refractivity (Wildman–Crippen MR) is 120 cm³/mol. The molecule has 0 saturated carbocycles. The van der Waals surface area contributed by atoms with Gasteiger partial charge in [0.15, 0.2) is 0 Å². The maximum Gasteiger partial charge on any atom is 0.244 e. The molecular weight excluding hydrogens is 406 g/mol. The van der Waals surface area contributed by atoms with Crippen LogP contribution >= 0.6 is 22.9 Å². The van der Waals surface area contributed by atoms with E-state index in [-0.39, 0.29) is 17.7 Å². The highest BCUT2D eigenvalue weighted by Gasteiger charge is 2.23. The Balaban J connectivity index is 1.40. The summed E-state index contributed by atoms with van der Waals surface area (Å²) in [6.07, 6.45) is 6.13. The number of hydrogen-bond acceptors (Lipinski definition) is 4. The first-order valence-corrected chi connectivity index (χ1v) is 11.0. The van der Waals surface area contributed by atoms with E-state index in [0.29, 0.717) is 11.6 Å². The topological polar surface area (TPSA) is 75.4 Å². The third-order valence-electron chi connectivity index (χ3n) is 4.99. The van der Waals surface area contributed by atoms with Crippen LogP contribution in [0.25, 0.3) is 16.5 Å². The molecule has 1 aliphatic heterocycles. The minimum absolute atomic E-state index is 0.0381. The van der Waals surface area contributed by atoms with Gasteiger partial charge in [-0.2, -0.15) is 0 Å². The summed E-state index contributed by atoms with van der Waals surface area (Å²) in [4.78, 5) is 27.8. The molecule has 1 atom stereocenters. The molecule has 2 amide bonds. The van der Waals surface area contributed by atoms with E-state index in [1.54, 1.807) is 17.4 Å². The third-order valence-corrected chi connectivity index (χ3v) is 6.33. The van der Waals surface area contributed by atoms with Crippen LogP contribution in [-0.2, 0) is 9.59 Å². The molecule has 0 spiro atoms. The highest BCUT2D eigenvalue weighted by atomic mass is 35.5. The molecule has 0 aliphatic carbocycles. The van der Waals surface area contributed by atoms with Gasteiger partial charge in [0, 0.05) is 33.9 Å². The monoisotopic (exact) mass is 431 g/mol. The van der Waals surface area contributed by atoms with Crippen LogP contribution in [0.3, 0.4) is 0 Å². The maximum atomic E-state index is 12.0. The van der Waals surface area contributed by atoms with Crippen molar-refractivity contribution in [1.82, 2.24) is 10.2 Å². The zero-order valence-corrected chi connectivity index (χ0v) is 17.8. The Kier molecular flexibility index (Phi) is 7.86. The Morgan fingerprint density at radius 1 is 1.31 bits per heavy atom. The van der Waals surface area contributed by atoms with Gasteiger partial charge in [-0.05, 0) is 68.3 Å². The number of nitrogens with zero attached hydrogens (tertiary/aromatic N) is 1. The fraction of sp³-hybridized carbons (Fsp3) is 0.364. The van der Waals surface area contributed by atoms with Gasteiger partial charge in [-0.15, -0.1) is 11.3 Å². The number of nitrogens with two attached hydrogens (primary N) is 1. The number of likely N-dealkylation sites (tertiary alicyclic amines) is 1. The fourth-order valence-corrected chi connectivity index (χ4v) is 4.56. The third kappa shape index (κ3) is 6.70. The predicted octanol–water partition coefficient (Wildman–Crippen LogP) is 3.79. The Bertz CT molecular complexity index is 880. The molecule has 7 heteroatoms. The fourth-order valence-electron chi connectivity index (χ4n) is 3.46. The highest BCUT2D eigenvalue weighted by Crippen LogP contribution is 2.30. The molecule has 1 aliphatic rings. The van der Waals surface area contributed by atoms with E-state index < -0.39 is 0 Å². The summed E-state index contributed by atoms with van der Waals surface area (Å²) in [7, 11) is 0. The first-order chi connectivity index (χ1) is 14.0. The second-order valence-corrected chi connectivity index (χ2v) is 8.78. The summed E-state index contributed by atoms with van der Waals surface area (Å²) in [5.41, 5.74) is 6.48. The summed E-state index contributed by atoms with van der Waals surface area (Å²) >= 11 is 7.67. The van der Waals surface area contributed by atoms with Crippen molar-refractivity contribution in [3.8, 4) is 10.4 Å². The van der Waals surface area contributed by atoms with Crippen molar-refractivity contribution in [1.29, 1.82) is 0 Å². The molecule has 1 aromatic carbocycles. The van der Waals surface area contributed by atoms with Crippen molar-refractivity contribution in [2.24, 2.45) is 11.7 Å². The number of carbonyl (C=O) groups is 2. The summed E-state index contributed by atoms with van der Waals surface area (Å²) in [5.74, 6) is -0.347. The zero-order chi connectivity index (χ0) is 20.6. The average Bonchev–Trinajstić information content (AvgIpc) is 3.19. The quantitative estimate of drug-likeness (QED) is 0.493. The molecule has 1 aromatic heterocycles. The number of amides is 2. The molecule has 1 fully saturated rings. The van der Waals surface area contributed by atoms with Crippen LogP contribution in [-0.4, -0.2) is 42.9 Å². The summed E-state index contributed by atoms with van der Waals surface area (Å²) in [6.45, 7) is 3.20. The first kappa shape index (κ1) is 21.6. The van der Waals surface area contributed by atoms with E-state index in [9.17, 15) is 9.59 Å². The lowest BCUT2D eigenvalue weighted by Gasteiger charge is -2.31. The number of piperidine rings is 1. The van der Waals surface area contributed by atoms with Crippen molar-refractivity contribution in [2.45, 2.75) is 19.3 Å². The van der Waals surface area contributed by atoms with E-state index in [2.05, 4.69) is 10.2 Å². The number of benzene rings is 1. The van der Waals surface area contributed by atoms with Gasteiger partial charge in [0.1, 0.15) is 0 Å². The number of rotatable bonds is 8. The molecule has 2 heterocycles. The highest BCUT2D eigenvalue weighted by molar-refractivity contribution is 7.16. The number of halogens is 1. The largest absolute Gasteiger partial charge is 0.369 e. The Morgan fingerprint density at radius 2 is 2.17 bits per heavy atom. The molecule has 0 radical (unpaired) electrons. The smallest absolute Gasteiger partial charge is 0.244 e. The van der Waals surface area contributed by atoms with E-state index >= 15 is 0 Å². The average molecular weight is 432 g/mol. The second kappa shape index (κ2) is 10.6. The number of thiophene rings is 1. The normalized spacial score (nSPS) is 17.5. The van der Waals surface area contributed by atoms with Gasteiger partial charge in [0.05, 0.1) is 5.92 Å². The number of primary amides is 1. The molecule has 3 N–H and O–H groups in total. The van der Waals surface area contributed by atoms with E-state index in [1.807, 2.05) is 42.5 Å². The van der Waals surface area contributed by atoms with Crippen LogP contribution in [0, 0.1) is 5.92 Å². The van der Waals surface area contributed by atoms with Gasteiger partial charge in [-0.1, -0.05) is 23.7 Å². The number of hydrogen-bond donors (Lipinski definition) is 2. The molecule has 3 rings (SSSR count). The van der Waals surface area contributed by atoms with E-state index in [0.717, 1.165) is 54.2 Å². The van der Waals surface area contributed by atoms with Crippen molar-refractivity contribution in [3.63, 3.8) is 0 Å². The number of nitrogens with one attached hydrogen (secondary N) is 1. The maximum absolute atomic E-state index is 12.0. The van der Waals surface area contributed by atoms with Crippen LogP contribution in [0.5, 0.6) is 0 Å². The summed E-state index contributed by atoms with van der Waals surface area (Å²) in [6, 6.07) is 11.8. The van der Waals surface area contributed by atoms with Crippen LogP contribution in [0.1, 0.15) is 24.1 Å². The standard InChI is InChI=1S/C22H26ClN3O2S/c23-18-6-1-4-16(14-18)20-9-7-19(29-20)8-10-21(27)25-11-3-13-26-12-2-5-17(15-26)22(24)28/h1,4,6-10,14,17H,2-3,5,11-13,15H2,(H2,24,28)(H,25,27)/b10-8+. The Morgan fingerprint density at radius 3 is 2.97 bits per heavy atom. The van der Waals surface area contributed by atoms with Gasteiger partial charge < -0.3 is 16.0 Å². The lowest BCUT2D eigenvalue weighted by Crippen LogP contribution is -2.42. The van der Waals surface area contributed by atoms with Gasteiger partial charge in [0.25, 0.3) is 0 Å². The van der Waals surface area contributed by atoms with Gasteiger partial charge in [-0.25, -0.2) is 0 Å². The number of carbonyl (C=O) groups excluding carboxylic acids is 2. The SMILES string of the molecule is NC(=O)C1CCCN(CCCNC(=O)/C=C/c2ccc(-c3cccc(Cl)c3)s2)C1.